The SMILES string of the molecule is Cc1ccc(S(=O)(=O)N2CCOCC2)cc1C(=O)NCC1CCN(c2ccc(F)cc2)C1. The van der Waals surface area contributed by atoms with Crippen molar-refractivity contribution in [2.75, 3.05) is 50.8 Å². The molecule has 2 fully saturated rings. The fourth-order valence-corrected chi connectivity index (χ4v) is 5.59. The van der Waals surface area contributed by atoms with Gasteiger partial charge >= 0.3 is 0 Å². The van der Waals surface area contributed by atoms with Gasteiger partial charge in [-0.1, -0.05) is 6.07 Å². The van der Waals surface area contributed by atoms with E-state index >= 15 is 0 Å². The topological polar surface area (TPSA) is 78.9 Å². The lowest BCUT2D eigenvalue weighted by molar-refractivity contribution is 0.0730. The number of carbonyl (C=O) groups is 1. The van der Waals surface area contributed by atoms with Gasteiger partial charge in [0.25, 0.3) is 5.91 Å². The van der Waals surface area contributed by atoms with Gasteiger partial charge in [0.2, 0.25) is 10.0 Å². The summed E-state index contributed by atoms with van der Waals surface area (Å²) in [5, 5.41) is 2.97. The van der Waals surface area contributed by atoms with Gasteiger partial charge in [-0.2, -0.15) is 4.31 Å². The molecule has 2 aliphatic heterocycles. The molecule has 2 aromatic carbocycles. The maximum absolute atomic E-state index is 13.1. The van der Waals surface area contributed by atoms with Crippen LogP contribution in [0.5, 0.6) is 0 Å². The molecule has 0 bridgehead atoms. The van der Waals surface area contributed by atoms with E-state index in [1.54, 1.807) is 31.2 Å². The quantitative estimate of drug-likeness (QED) is 0.715. The van der Waals surface area contributed by atoms with Crippen molar-refractivity contribution in [3.05, 3.63) is 59.4 Å². The Labute approximate surface area is 188 Å². The zero-order valence-corrected chi connectivity index (χ0v) is 18.9. The molecular weight excluding hydrogens is 433 g/mol. The third kappa shape index (κ3) is 4.95. The Morgan fingerprint density at radius 2 is 1.84 bits per heavy atom. The Morgan fingerprint density at radius 1 is 1.12 bits per heavy atom. The summed E-state index contributed by atoms with van der Waals surface area (Å²) in [4.78, 5) is 15.2. The molecule has 0 radical (unpaired) electrons. The molecule has 2 aromatic rings. The van der Waals surface area contributed by atoms with Gasteiger partial charge in [-0.15, -0.1) is 0 Å². The number of aryl methyl sites for hydroxylation is 1. The van der Waals surface area contributed by atoms with Gasteiger partial charge in [-0.25, -0.2) is 12.8 Å². The molecule has 2 aliphatic rings. The number of nitrogens with one attached hydrogen (secondary N) is 1. The molecule has 1 unspecified atom stereocenters. The molecule has 1 N–H and O–H groups in total. The van der Waals surface area contributed by atoms with Gasteiger partial charge in [-0.3, -0.25) is 4.79 Å². The Morgan fingerprint density at radius 3 is 2.56 bits per heavy atom. The van der Waals surface area contributed by atoms with Crippen LogP contribution in [0.15, 0.2) is 47.4 Å². The lowest BCUT2D eigenvalue weighted by Gasteiger charge is -2.26. The predicted octanol–water partition coefficient (Wildman–Crippen LogP) is 2.41. The fraction of sp³-hybridized carbons (Fsp3) is 0.435. The fourth-order valence-electron chi connectivity index (χ4n) is 4.16. The van der Waals surface area contributed by atoms with E-state index in [0.717, 1.165) is 30.8 Å². The number of halogens is 1. The minimum atomic E-state index is -3.67. The second-order valence-electron chi connectivity index (χ2n) is 8.28. The van der Waals surface area contributed by atoms with E-state index in [2.05, 4.69) is 10.2 Å². The molecule has 0 aromatic heterocycles. The summed E-state index contributed by atoms with van der Waals surface area (Å²) in [6.45, 7) is 5.27. The zero-order chi connectivity index (χ0) is 22.7. The Bertz CT molecular complexity index is 1070. The number of benzene rings is 2. The maximum atomic E-state index is 13.1. The molecule has 7 nitrogen and oxygen atoms in total. The molecule has 0 saturated carbocycles. The summed E-state index contributed by atoms with van der Waals surface area (Å²) in [5.74, 6) is -0.267. The Kier molecular flexibility index (Phi) is 6.78. The summed E-state index contributed by atoms with van der Waals surface area (Å²) in [6.07, 6.45) is 0.919. The van der Waals surface area contributed by atoms with Crippen molar-refractivity contribution in [3.8, 4) is 0 Å². The highest BCUT2D eigenvalue weighted by molar-refractivity contribution is 7.89. The minimum absolute atomic E-state index is 0.124. The van der Waals surface area contributed by atoms with Crippen molar-refractivity contribution >= 4 is 21.6 Å². The minimum Gasteiger partial charge on any atom is -0.379 e. The molecular formula is C23H28FN3O4S. The van der Waals surface area contributed by atoms with Gasteiger partial charge in [0.1, 0.15) is 5.82 Å². The Balaban J connectivity index is 1.39. The molecule has 1 atom stereocenters. The van der Waals surface area contributed by atoms with Crippen molar-refractivity contribution in [2.24, 2.45) is 5.92 Å². The van der Waals surface area contributed by atoms with Crippen molar-refractivity contribution in [2.45, 2.75) is 18.2 Å². The summed E-state index contributed by atoms with van der Waals surface area (Å²) in [5.41, 5.74) is 2.06. The van der Waals surface area contributed by atoms with E-state index in [4.69, 9.17) is 4.74 Å². The zero-order valence-electron chi connectivity index (χ0n) is 18.1. The average molecular weight is 462 g/mol. The van der Waals surface area contributed by atoms with E-state index in [1.807, 2.05) is 0 Å². The number of morpholine rings is 1. The third-order valence-corrected chi connectivity index (χ3v) is 7.99. The van der Waals surface area contributed by atoms with E-state index in [-0.39, 0.29) is 22.5 Å². The van der Waals surface area contributed by atoms with Crippen LogP contribution >= 0.6 is 0 Å². The first-order valence-electron chi connectivity index (χ1n) is 10.8. The van der Waals surface area contributed by atoms with Crippen molar-refractivity contribution in [1.82, 2.24) is 9.62 Å². The van der Waals surface area contributed by atoms with Gasteiger partial charge < -0.3 is 15.0 Å². The third-order valence-electron chi connectivity index (χ3n) is 6.09. The van der Waals surface area contributed by atoms with Crippen LogP contribution < -0.4 is 10.2 Å². The van der Waals surface area contributed by atoms with Gasteiger partial charge in [0.15, 0.2) is 0 Å². The van der Waals surface area contributed by atoms with Crippen LogP contribution in [0.25, 0.3) is 0 Å². The first-order valence-corrected chi connectivity index (χ1v) is 12.3. The maximum Gasteiger partial charge on any atom is 0.251 e. The Hall–Kier alpha value is -2.49. The lowest BCUT2D eigenvalue weighted by Crippen LogP contribution is -2.40. The average Bonchev–Trinajstić information content (AvgIpc) is 3.28. The first kappa shape index (κ1) is 22.7. The number of hydrogen-bond acceptors (Lipinski definition) is 5. The van der Waals surface area contributed by atoms with Crippen LogP contribution in [0.4, 0.5) is 10.1 Å². The van der Waals surface area contributed by atoms with Crippen molar-refractivity contribution in [1.29, 1.82) is 0 Å². The van der Waals surface area contributed by atoms with E-state index in [1.165, 1.54) is 22.5 Å². The van der Waals surface area contributed by atoms with E-state index < -0.39 is 10.0 Å². The van der Waals surface area contributed by atoms with Crippen LogP contribution in [-0.2, 0) is 14.8 Å². The van der Waals surface area contributed by atoms with Gasteiger partial charge in [-0.05, 0) is 61.2 Å². The van der Waals surface area contributed by atoms with E-state index in [0.29, 0.717) is 38.4 Å². The number of hydrogen-bond donors (Lipinski definition) is 1. The predicted molar refractivity (Wildman–Crippen MR) is 120 cm³/mol. The van der Waals surface area contributed by atoms with Gasteiger partial charge in [0.05, 0.1) is 18.1 Å². The second-order valence-corrected chi connectivity index (χ2v) is 10.2. The van der Waals surface area contributed by atoms with E-state index in [9.17, 15) is 17.6 Å². The van der Waals surface area contributed by atoms with Crippen molar-refractivity contribution in [3.63, 3.8) is 0 Å². The molecule has 1 amide bonds. The van der Waals surface area contributed by atoms with Crippen LogP contribution in [0, 0.1) is 18.7 Å². The normalized spacial score (nSPS) is 19.8. The summed E-state index contributed by atoms with van der Waals surface area (Å²) in [6, 6.07) is 11.1. The number of sulfonamides is 1. The van der Waals surface area contributed by atoms with Crippen molar-refractivity contribution < 1.29 is 22.3 Å². The smallest absolute Gasteiger partial charge is 0.251 e. The molecule has 4 rings (SSSR count). The largest absolute Gasteiger partial charge is 0.379 e. The monoisotopic (exact) mass is 461 g/mol. The molecule has 9 heteroatoms. The number of anilines is 1. The van der Waals surface area contributed by atoms with Crippen LogP contribution in [0.2, 0.25) is 0 Å². The number of ether oxygens (including phenoxy) is 1. The number of carbonyl (C=O) groups excluding carboxylic acids is 1. The molecule has 0 spiro atoms. The first-order chi connectivity index (χ1) is 15.3. The highest BCUT2D eigenvalue weighted by Gasteiger charge is 2.28. The lowest BCUT2D eigenvalue weighted by atomic mass is 10.1. The number of nitrogens with zero attached hydrogens (tertiary/aromatic N) is 2. The molecule has 172 valence electrons. The molecule has 0 aliphatic carbocycles. The highest BCUT2D eigenvalue weighted by atomic mass is 32.2. The number of rotatable bonds is 6. The van der Waals surface area contributed by atoms with Gasteiger partial charge in [0, 0.05) is 44.0 Å². The van der Waals surface area contributed by atoms with Crippen LogP contribution in [0.3, 0.4) is 0 Å². The standard InChI is InChI=1S/C23H28FN3O4S/c1-17-2-7-21(32(29,30)27-10-12-31-13-11-27)14-22(17)23(28)25-15-18-8-9-26(16-18)20-5-3-19(24)4-6-20/h2-7,14,18H,8-13,15-16H2,1H3,(H,25,28). The van der Waals surface area contributed by atoms with Crippen LogP contribution in [0.1, 0.15) is 22.3 Å². The molecule has 32 heavy (non-hydrogen) atoms. The summed E-state index contributed by atoms with van der Waals surface area (Å²) >= 11 is 0. The summed E-state index contributed by atoms with van der Waals surface area (Å²) in [7, 11) is -3.67. The van der Waals surface area contributed by atoms with Crippen LogP contribution in [-0.4, -0.2) is 64.6 Å². The molecule has 2 heterocycles. The number of amides is 1. The summed E-state index contributed by atoms with van der Waals surface area (Å²) < 4.78 is 45.7. The molecule has 2 saturated heterocycles. The second kappa shape index (κ2) is 9.56. The highest BCUT2D eigenvalue weighted by Crippen LogP contribution is 2.24.